The summed E-state index contributed by atoms with van der Waals surface area (Å²) in [5, 5.41) is 2.77. The zero-order chi connectivity index (χ0) is 15.0. The lowest BCUT2D eigenvalue weighted by Gasteiger charge is -2.22. The Labute approximate surface area is 122 Å². The molecule has 1 aliphatic rings. The number of urea groups is 1. The fourth-order valence-electron chi connectivity index (χ4n) is 2.51. The van der Waals surface area contributed by atoms with E-state index in [2.05, 4.69) is 10.3 Å². The SMILES string of the molecule is Cc1cccnc1N1C(=O)NC(C)(c2ccccc2)C1=O. The summed E-state index contributed by atoms with van der Waals surface area (Å²) in [5.41, 5.74) is 0.459. The summed E-state index contributed by atoms with van der Waals surface area (Å²) < 4.78 is 0. The third-order valence-electron chi connectivity index (χ3n) is 3.74. The summed E-state index contributed by atoms with van der Waals surface area (Å²) in [5.74, 6) is 0.0557. The van der Waals surface area contributed by atoms with Gasteiger partial charge in [0.05, 0.1) is 0 Å². The van der Waals surface area contributed by atoms with Crippen LogP contribution in [0.5, 0.6) is 0 Å². The van der Waals surface area contributed by atoms with E-state index >= 15 is 0 Å². The molecule has 1 fully saturated rings. The van der Waals surface area contributed by atoms with Crippen LogP contribution in [0, 0.1) is 6.92 Å². The number of carbonyl (C=O) groups is 2. The van der Waals surface area contributed by atoms with Crippen LogP contribution in [0.25, 0.3) is 0 Å². The molecule has 0 spiro atoms. The molecule has 21 heavy (non-hydrogen) atoms. The van der Waals surface area contributed by atoms with E-state index in [0.29, 0.717) is 5.82 Å². The quantitative estimate of drug-likeness (QED) is 0.860. The maximum atomic E-state index is 12.8. The molecule has 0 saturated carbocycles. The number of nitrogens with zero attached hydrogens (tertiary/aromatic N) is 2. The number of benzene rings is 1. The number of carbonyl (C=O) groups excluding carboxylic acids is 2. The molecular formula is C16H15N3O2. The van der Waals surface area contributed by atoms with Gasteiger partial charge in [-0.25, -0.2) is 14.7 Å². The maximum Gasteiger partial charge on any atom is 0.331 e. The largest absolute Gasteiger partial charge is 0.331 e. The Morgan fingerprint density at radius 2 is 1.81 bits per heavy atom. The topological polar surface area (TPSA) is 62.3 Å². The number of hydrogen-bond acceptors (Lipinski definition) is 3. The van der Waals surface area contributed by atoms with E-state index in [1.165, 1.54) is 0 Å². The normalized spacial score (nSPS) is 21.5. The number of nitrogens with one attached hydrogen (secondary N) is 1. The van der Waals surface area contributed by atoms with E-state index in [9.17, 15) is 9.59 Å². The molecule has 2 aromatic rings. The van der Waals surface area contributed by atoms with Crippen molar-refractivity contribution >= 4 is 17.8 Å². The van der Waals surface area contributed by atoms with Gasteiger partial charge in [0.25, 0.3) is 5.91 Å². The van der Waals surface area contributed by atoms with Crippen LogP contribution >= 0.6 is 0 Å². The first kappa shape index (κ1) is 13.3. The van der Waals surface area contributed by atoms with Gasteiger partial charge in [0.2, 0.25) is 0 Å². The molecule has 2 heterocycles. The minimum absolute atomic E-state index is 0.319. The van der Waals surface area contributed by atoms with Gasteiger partial charge in [0.15, 0.2) is 0 Å². The second-order valence-electron chi connectivity index (χ2n) is 5.21. The molecule has 3 rings (SSSR count). The average Bonchev–Trinajstić information content (AvgIpc) is 2.72. The molecule has 0 aliphatic carbocycles. The third kappa shape index (κ3) is 1.98. The molecule has 1 aromatic heterocycles. The number of pyridine rings is 1. The molecule has 3 amide bonds. The van der Waals surface area contributed by atoms with E-state index in [-0.39, 0.29) is 5.91 Å². The van der Waals surface area contributed by atoms with Gasteiger partial charge in [-0.05, 0) is 31.0 Å². The lowest BCUT2D eigenvalue weighted by Crippen LogP contribution is -2.41. The molecular weight excluding hydrogens is 266 g/mol. The number of aromatic nitrogens is 1. The van der Waals surface area contributed by atoms with Gasteiger partial charge < -0.3 is 5.32 Å². The summed E-state index contributed by atoms with van der Waals surface area (Å²) >= 11 is 0. The second kappa shape index (κ2) is 4.70. The molecule has 1 unspecified atom stereocenters. The summed E-state index contributed by atoms with van der Waals surface area (Å²) in [4.78, 5) is 30.4. The van der Waals surface area contributed by atoms with Crippen molar-refractivity contribution in [1.29, 1.82) is 0 Å². The van der Waals surface area contributed by atoms with Crippen molar-refractivity contribution in [3.05, 3.63) is 59.8 Å². The summed E-state index contributed by atoms with van der Waals surface area (Å²) in [6.45, 7) is 3.53. The van der Waals surface area contributed by atoms with E-state index in [4.69, 9.17) is 0 Å². The molecule has 1 aromatic carbocycles. The smallest absolute Gasteiger partial charge is 0.319 e. The van der Waals surface area contributed by atoms with Crippen molar-refractivity contribution in [1.82, 2.24) is 10.3 Å². The molecule has 1 aliphatic heterocycles. The van der Waals surface area contributed by atoms with Gasteiger partial charge in [-0.2, -0.15) is 0 Å². The first-order chi connectivity index (χ1) is 10.0. The Morgan fingerprint density at radius 3 is 2.48 bits per heavy atom. The van der Waals surface area contributed by atoms with Crippen molar-refractivity contribution in [3.63, 3.8) is 0 Å². The first-order valence-corrected chi connectivity index (χ1v) is 6.68. The summed E-state index contributed by atoms with van der Waals surface area (Å²) in [7, 11) is 0. The number of amides is 3. The summed E-state index contributed by atoms with van der Waals surface area (Å²) in [6, 6.07) is 12.3. The highest BCUT2D eigenvalue weighted by Gasteiger charge is 2.50. The molecule has 1 N–H and O–H groups in total. The molecule has 0 bridgehead atoms. The van der Waals surface area contributed by atoms with Crippen LogP contribution in [0.15, 0.2) is 48.7 Å². The highest BCUT2D eigenvalue weighted by atomic mass is 16.2. The maximum absolute atomic E-state index is 12.8. The Morgan fingerprint density at radius 1 is 1.10 bits per heavy atom. The first-order valence-electron chi connectivity index (χ1n) is 6.68. The van der Waals surface area contributed by atoms with E-state index < -0.39 is 11.6 Å². The van der Waals surface area contributed by atoms with Crippen molar-refractivity contribution in [2.45, 2.75) is 19.4 Å². The van der Waals surface area contributed by atoms with Crippen LogP contribution in [0.1, 0.15) is 18.1 Å². The van der Waals surface area contributed by atoms with Crippen molar-refractivity contribution in [2.24, 2.45) is 0 Å². The van der Waals surface area contributed by atoms with Crippen LogP contribution in [0.4, 0.5) is 10.6 Å². The van der Waals surface area contributed by atoms with Crippen LogP contribution in [0.3, 0.4) is 0 Å². The third-order valence-corrected chi connectivity index (χ3v) is 3.74. The monoisotopic (exact) mass is 281 g/mol. The fraction of sp³-hybridized carbons (Fsp3) is 0.188. The molecule has 106 valence electrons. The van der Waals surface area contributed by atoms with Gasteiger partial charge in [-0.15, -0.1) is 0 Å². The van der Waals surface area contributed by atoms with Crippen LogP contribution in [-0.4, -0.2) is 16.9 Å². The van der Waals surface area contributed by atoms with E-state index in [1.807, 2.05) is 43.3 Å². The predicted octanol–water partition coefficient (Wildman–Crippen LogP) is 2.36. The molecule has 1 saturated heterocycles. The lowest BCUT2D eigenvalue weighted by molar-refractivity contribution is -0.121. The van der Waals surface area contributed by atoms with E-state index in [0.717, 1.165) is 16.0 Å². The number of rotatable bonds is 2. The number of hydrogen-bond donors (Lipinski definition) is 1. The molecule has 5 nitrogen and oxygen atoms in total. The van der Waals surface area contributed by atoms with Gasteiger partial charge >= 0.3 is 6.03 Å². The second-order valence-corrected chi connectivity index (χ2v) is 5.21. The average molecular weight is 281 g/mol. The Hall–Kier alpha value is -2.69. The highest BCUT2D eigenvalue weighted by Crippen LogP contribution is 2.32. The summed E-state index contributed by atoms with van der Waals surface area (Å²) in [6.07, 6.45) is 1.57. The van der Waals surface area contributed by atoms with Crippen molar-refractivity contribution in [2.75, 3.05) is 4.90 Å². The Balaban J connectivity index is 2.06. The Kier molecular flexibility index (Phi) is 2.97. The number of anilines is 1. The van der Waals surface area contributed by atoms with Crippen molar-refractivity contribution in [3.8, 4) is 0 Å². The van der Waals surface area contributed by atoms with Crippen molar-refractivity contribution < 1.29 is 9.59 Å². The zero-order valence-electron chi connectivity index (χ0n) is 11.8. The van der Waals surface area contributed by atoms with Crippen LogP contribution in [-0.2, 0) is 10.3 Å². The van der Waals surface area contributed by atoms with Gasteiger partial charge in [-0.1, -0.05) is 36.4 Å². The van der Waals surface area contributed by atoms with Gasteiger partial charge in [0, 0.05) is 6.20 Å². The van der Waals surface area contributed by atoms with Gasteiger partial charge in [0.1, 0.15) is 11.4 Å². The van der Waals surface area contributed by atoms with E-state index in [1.54, 1.807) is 19.2 Å². The minimum Gasteiger partial charge on any atom is -0.319 e. The highest BCUT2D eigenvalue weighted by molar-refractivity contribution is 6.23. The standard InChI is InChI=1S/C16H15N3O2/c1-11-7-6-10-17-13(11)19-14(20)16(2,18-15(19)21)12-8-4-3-5-9-12/h3-10H,1-2H3,(H,18,21). The van der Waals surface area contributed by atoms with Gasteiger partial charge in [-0.3, -0.25) is 4.79 Å². The lowest BCUT2D eigenvalue weighted by atomic mass is 9.92. The van der Waals surface area contributed by atoms with Crippen LogP contribution in [0.2, 0.25) is 0 Å². The molecule has 0 radical (unpaired) electrons. The minimum atomic E-state index is -1.07. The predicted molar refractivity (Wildman–Crippen MR) is 78.8 cm³/mol. The zero-order valence-corrected chi connectivity index (χ0v) is 11.8. The number of imide groups is 1. The van der Waals surface area contributed by atoms with Crippen LogP contribution < -0.4 is 10.2 Å². The fourth-order valence-corrected chi connectivity index (χ4v) is 2.51. The molecule has 1 atom stereocenters. The Bertz CT molecular complexity index is 714. The number of aryl methyl sites for hydroxylation is 1. The molecule has 5 heteroatoms.